The van der Waals surface area contributed by atoms with Crippen LogP contribution in [0.5, 0.6) is 0 Å². The first-order chi connectivity index (χ1) is 9.71. The summed E-state index contributed by atoms with van der Waals surface area (Å²) in [6, 6.07) is 0.637. The quantitative estimate of drug-likeness (QED) is 0.849. The van der Waals surface area contributed by atoms with Crippen molar-refractivity contribution >= 4 is 11.3 Å². The third-order valence-corrected chi connectivity index (χ3v) is 5.76. The fourth-order valence-electron chi connectivity index (χ4n) is 3.72. The van der Waals surface area contributed by atoms with Gasteiger partial charge in [-0.1, -0.05) is 6.92 Å². The van der Waals surface area contributed by atoms with Crippen molar-refractivity contribution in [1.82, 2.24) is 14.8 Å². The highest BCUT2D eigenvalue weighted by atomic mass is 32.1. The van der Waals surface area contributed by atoms with Gasteiger partial charge in [0.05, 0.1) is 12.6 Å². The lowest BCUT2D eigenvalue weighted by Crippen LogP contribution is -2.50. The number of hydrogen-bond acceptors (Lipinski definition) is 5. The molecule has 20 heavy (non-hydrogen) atoms. The molecule has 2 aliphatic heterocycles. The number of likely N-dealkylation sites (tertiary alicyclic amines) is 2. The Hall–Kier alpha value is -0.490. The molecule has 5 heteroatoms. The number of fused-ring (bicyclic) bond motifs is 1. The van der Waals surface area contributed by atoms with Crippen LogP contribution < -0.4 is 0 Å². The Morgan fingerprint density at radius 1 is 1.45 bits per heavy atom. The normalized spacial score (nSPS) is 31.6. The molecule has 0 radical (unpaired) electrons. The predicted octanol–water partition coefficient (Wildman–Crippen LogP) is 1.99. The van der Waals surface area contributed by atoms with Gasteiger partial charge >= 0.3 is 0 Å². The van der Waals surface area contributed by atoms with Gasteiger partial charge in [0.25, 0.3) is 0 Å². The Kier molecular flexibility index (Phi) is 4.40. The third kappa shape index (κ3) is 2.77. The summed E-state index contributed by atoms with van der Waals surface area (Å²) >= 11 is 1.79. The number of ether oxygens (including phenoxy) is 1. The largest absolute Gasteiger partial charge is 0.381 e. The first-order valence-electron chi connectivity index (χ1n) is 7.61. The number of rotatable bonds is 4. The van der Waals surface area contributed by atoms with E-state index < -0.39 is 0 Å². The van der Waals surface area contributed by atoms with E-state index in [0.29, 0.717) is 18.1 Å². The fourth-order valence-corrected chi connectivity index (χ4v) is 4.51. The van der Waals surface area contributed by atoms with Gasteiger partial charge in [-0.25, -0.2) is 4.98 Å². The number of thiazole rings is 1. The SMILES string of the molecule is CCN1C[C@H]2[C@@H](C1)N(Cc1nc(C)cs1)CC[C@H]2OC. The maximum atomic E-state index is 5.73. The molecule has 112 valence electrons. The molecule has 1 aromatic heterocycles. The zero-order valence-corrected chi connectivity index (χ0v) is 13.5. The lowest BCUT2D eigenvalue weighted by Gasteiger charge is -2.40. The summed E-state index contributed by atoms with van der Waals surface area (Å²) in [5, 5.41) is 3.41. The molecule has 0 unspecified atom stereocenters. The molecule has 1 aromatic rings. The molecule has 3 heterocycles. The number of aryl methyl sites for hydroxylation is 1. The summed E-state index contributed by atoms with van der Waals surface area (Å²) in [6.07, 6.45) is 1.59. The summed E-state index contributed by atoms with van der Waals surface area (Å²) < 4.78 is 5.73. The molecule has 4 nitrogen and oxygen atoms in total. The Morgan fingerprint density at radius 2 is 2.30 bits per heavy atom. The van der Waals surface area contributed by atoms with Crippen molar-refractivity contribution in [2.75, 3.05) is 33.3 Å². The van der Waals surface area contributed by atoms with Gasteiger partial charge in [0.2, 0.25) is 0 Å². The first kappa shape index (κ1) is 14.4. The van der Waals surface area contributed by atoms with Crippen LogP contribution in [0.1, 0.15) is 24.0 Å². The lowest BCUT2D eigenvalue weighted by atomic mass is 9.89. The highest BCUT2D eigenvalue weighted by Crippen LogP contribution is 2.33. The molecule has 0 amide bonds. The Balaban J connectivity index is 1.72. The van der Waals surface area contributed by atoms with Crippen molar-refractivity contribution in [2.45, 2.75) is 39.0 Å². The van der Waals surface area contributed by atoms with Crippen molar-refractivity contribution in [3.8, 4) is 0 Å². The van der Waals surface area contributed by atoms with Crippen LogP contribution in [-0.2, 0) is 11.3 Å². The van der Waals surface area contributed by atoms with Gasteiger partial charge in [-0.15, -0.1) is 11.3 Å². The number of aromatic nitrogens is 1. The van der Waals surface area contributed by atoms with E-state index in [1.54, 1.807) is 11.3 Å². The molecule has 0 bridgehead atoms. The third-order valence-electron chi connectivity index (χ3n) is 4.81. The topological polar surface area (TPSA) is 28.6 Å². The summed E-state index contributed by atoms with van der Waals surface area (Å²) in [6.45, 7) is 10.00. The molecule has 3 atom stereocenters. The van der Waals surface area contributed by atoms with Crippen LogP contribution in [0.15, 0.2) is 5.38 Å². The van der Waals surface area contributed by atoms with Crippen LogP contribution in [0.3, 0.4) is 0 Å². The maximum Gasteiger partial charge on any atom is 0.107 e. The molecule has 0 saturated carbocycles. The minimum Gasteiger partial charge on any atom is -0.381 e. The average Bonchev–Trinajstić information content (AvgIpc) is 3.05. The van der Waals surface area contributed by atoms with Gasteiger partial charge in [0.15, 0.2) is 0 Å². The monoisotopic (exact) mass is 295 g/mol. The molecule has 0 N–H and O–H groups in total. The van der Waals surface area contributed by atoms with Crippen molar-refractivity contribution in [3.05, 3.63) is 16.1 Å². The van der Waals surface area contributed by atoms with Crippen molar-refractivity contribution in [1.29, 1.82) is 0 Å². The van der Waals surface area contributed by atoms with Crippen molar-refractivity contribution in [3.63, 3.8) is 0 Å². The van der Waals surface area contributed by atoms with Crippen LogP contribution in [-0.4, -0.2) is 60.2 Å². The second kappa shape index (κ2) is 6.10. The standard InChI is InChI=1S/C15H25N3OS/c1-4-17-7-12-13(8-17)18(6-5-14(12)19-3)9-15-16-11(2)10-20-15/h10,12-14H,4-9H2,1-3H3/t12-,13+,14+/m0/s1. The van der Waals surface area contributed by atoms with E-state index in [4.69, 9.17) is 4.74 Å². The molecule has 0 spiro atoms. The number of methoxy groups -OCH3 is 1. The van der Waals surface area contributed by atoms with E-state index in [1.807, 2.05) is 7.11 Å². The maximum absolute atomic E-state index is 5.73. The summed E-state index contributed by atoms with van der Waals surface area (Å²) in [4.78, 5) is 9.82. The van der Waals surface area contributed by atoms with E-state index in [-0.39, 0.29) is 0 Å². The Labute approximate surface area is 125 Å². The zero-order valence-electron chi connectivity index (χ0n) is 12.7. The van der Waals surface area contributed by atoms with Crippen molar-refractivity contribution in [2.24, 2.45) is 5.92 Å². The smallest absolute Gasteiger partial charge is 0.107 e. The number of nitrogens with zero attached hydrogens (tertiary/aromatic N) is 3. The van der Waals surface area contributed by atoms with Gasteiger partial charge in [-0.2, -0.15) is 0 Å². The van der Waals surface area contributed by atoms with Crippen LogP contribution in [0, 0.1) is 12.8 Å². The first-order valence-corrected chi connectivity index (χ1v) is 8.49. The molecule has 2 aliphatic rings. The zero-order chi connectivity index (χ0) is 14.1. The highest BCUT2D eigenvalue weighted by molar-refractivity contribution is 7.09. The number of piperidine rings is 1. The van der Waals surface area contributed by atoms with Crippen LogP contribution in [0.25, 0.3) is 0 Å². The molecular formula is C15H25N3OS. The Bertz CT molecular complexity index is 450. The van der Waals surface area contributed by atoms with Crippen LogP contribution in [0.2, 0.25) is 0 Å². The van der Waals surface area contributed by atoms with E-state index in [2.05, 4.69) is 34.0 Å². The van der Waals surface area contributed by atoms with Crippen molar-refractivity contribution < 1.29 is 4.74 Å². The van der Waals surface area contributed by atoms with E-state index in [0.717, 1.165) is 31.7 Å². The van der Waals surface area contributed by atoms with Gasteiger partial charge in [-0.05, 0) is 19.9 Å². The molecular weight excluding hydrogens is 270 g/mol. The second-order valence-electron chi connectivity index (χ2n) is 6.00. The lowest BCUT2D eigenvalue weighted by molar-refractivity contribution is -0.0245. The summed E-state index contributed by atoms with van der Waals surface area (Å²) in [5.74, 6) is 0.662. The molecule has 3 rings (SSSR count). The number of hydrogen-bond donors (Lipinski definition) is 0. The highest BCUT2D eigenvalue weighted by Gasteiger charge is 2.43. The average molecular weight is 295 g/mol. The molecule has 0 aliphatic carbocycles. The van der Waals surface area contributed by atoms with Crippen LogP contribution in [0.4, 0.5) is 0 Å². The minimum atomic E-state index is 0.436. The predicted molar refractivity (Wildman–Crippen MR) is 82.1 cm³/mol. The van der Waals surface area contributed by atoms with E-state index >= 15 is 0 Å². The van der Waals surface area contributed by atoms with E-state index in [9.17, 15) is 0 Å². The van der Waals surface area contributed by atoms with Gasteiger partial charge in [-0.3, -0.25) is 4.90 Å². The fraction of sp³-hybridized carbons (Fsp3) is 0.800. The molecule has 2 saturated heterocycles. The second-order valence-corrected chi connectivity index (χ2v) is 6.94. The van der Waals surface area contributed by atoms with Gasteiger partial charge < -0.3 is 9.64 Å². The molecule has 2 fully saturated rings. The van der Waals surface area contributed by atoms with Gasteiger partial charge in [0, 0.05) is 49.8 Å². The van der Waals surface area contributed by atoms with E-state index in [1.165, 1.54) is 18.1 Å². The van der Waals surface area contributed by atoms with Gasteiger partial charge in [0.1, 0.15) is 5.01 Å². The number of likely N-dealkylation sites (N-methyl/N-ethyl adjacent to an activating group) is 1. The van der Waals surface area contributed by atoms with Crippen LogP contribution >= 0.6 is 11.3 Å². The minimum absolute atomic E-state index is 0.436. The Morgan fingerprint density at radius 3 is 2.95 bits per heavy atom. The summed E-state index contributed by atoms with van der Waals surface area (Å²) in [5.41, 5.74) is 1.15. The molecule has 0 aromatic carbocycles. The summed E-state index contributed by atoms with van der Waals surface area (Å²) in [7, 11) is 1.87.